The number of halogens is 1. The quantitative estimate of drug-likeness (QED) is 0.120. The summed E-state index contributed by atoms with van der Waals surface area (Å²) in [6.07, 6.45) is 10.1. The van der Waals surface area contributed by atoms with Crippen molar-refractivity contribution in [2.24, 2.45) is 16.5 Å². The van der Waals surface area contributed by atoms with E-state index >= 15 is 0 Å². The predicted molar refractivity (Wildman–Crippen MR) is 153 cm³/mol. The zero-order valence-electron chi connectivity index (χ0n) is 20.0. The van der Waals surface area contributed by atoms with Gasteiger partial charge in [0.1, 0.15) is 0 Å². The third-order valence-corrected chi connectivity index (χ3v) is 5.10. The Morgan fingerprint density at radius 1 is 0.806 bits per heavy atom. The van der Waals surface area contributed by atoms with Crippen molar-refractivity contribution in [2.75, 3.05) is 6.54 Å². The maximum atomic E-state index is 6.81. The molecule has 8 N–H and O–H groups in total. The lowest BCUT2D eigenvalue weighted by molar-refractivity contribution is 0.804. The van der Waals surface area contributed by atoms with Crippen molar-refractivity contribution in [2.45, 2.75) is 19.8 Å². The molecule has 3 aromatic rings. The molecule has 8 bridgehead atoms. The fourth-order valence-electron chi connectivity index (χ4n) is 3.48. The van der Waals surface area contributed by atoms with Crippen LogP contribution in [0.3, 0.4) is 0 Å². The highest BCUT2D eigenvalue weighted by molar-refractivity contribution is 5.95. The summed E-state index contributed by atoms with van der Waals surface area (Å²) in [5, 5.41) is 9.20. The number of unbranched alkanes of at least 4 members (excludes halogenated alkanes) is 1. The van der Waals surface area contributed by atoms with Crippen LogP contribution in [0.4, 0.5) is 0 Å². The lowest BCUT2D eigenvalue weighted by Crippen LogP contribution is -2.40. The van der Waals surface area contributed by atoms with Gasteiger partial charge >= 0.3 is 0 Å². The van der Waals surface area contributed by atoms with Crippen molar-refractivity contribution < 1.29 is 0 Å². The van der Waals surface area contributed by atoms with Gasteiger partial charge in [-0.1, -0.05) is 13.3 Å². The molecule has 10 heteroatoms. The van der Waals surface area contributed by atoms with Crippen molar-refractivity contribution in [1.29, 1.82) is 5.41 Å². The number of fused-ring (bicyclic) bond motifs is 8. The van der Waals surface area contributed by atoms with Crippen molar-refractivity contribution in [3.63, 3.8) is 0 Å². The maximum absolute atomic E-state index is 6.81. The first-order valence-electron chi connectivity index (χ1n) is 11.4. The number of guanidine groups is 2. The molecule has 5 rings (SSSR count). The number of aromatic amines is 2. The number of aliphatic imine (C=N–C) groups is 1. The minimum Gasteiger partial charge on any atom is -0.370 e. The zero-order valence-corrected chi connectivity index (χ0v) is 20.8. The van der Waals surface area contributed by atoms with Crippen molar-refractivity contribution in [3.05, 3.63) is 71.3 Å². The summed E-state index contributed by atoms with van der Waals surface area (Å²) in [5.41, 5.74) is 18.2. The highest BCUT2D eigenvalue weighted by atomic mass is 35.5. The number of rotatable bonds is 3. The summed E-state index contributed by atoms with van der Waals surface area (Å²) in [7, 11) is 0. The molecule has 0 unspecified atom stereocenters. The molecule has 0 radical (unpaired) electrons. The first-order chi connectivity index (χ1) is 17.0. The Balaban J connectivity index is 0.000000260. The number of aromatic nitrogens is 4. The molecule has 9 nitrogen and oxygen atoms in total. The van der Waals surface area contributed by atoms with E-state index in [1.54, 1.807) is 0 Å². The fraction of sp³-hybridized carbons (Fsp3) is 0.154. The summed E-state index contributed by atoms with van der Waals surface area (Å²) < 4.78 is 0. The summed E-state index contributed by atoms with van der Waals surface area (Å²) in [5.74, 6) is 0.0358. The van der Waals surface area contributed by atoms with Crippen molar-refractivity contribution in [1.82, 2.24) is 25.3 Å². The molecule has 0 fully saturated rings. The molecule has 0 atom stereocenters. The van der Waals surface area contributed by atoms with E-state index in [1.807, 2.05) is 42.5 Å². The smallest absolute Gasteiger partial charge is 0.195 e. The van der Waals surface area contributed by atoms with Crippen molar-refractivity contribution in [3.8, 4) is 0 Å². The average Bonchev–Trinajstić information content (AvgIpc) is 3.60. The zero-order chi connectivity index (χ0) is 24.6. The van der Waals surface area contributed by atoms with Crippen LogP contribution in [0, 0.1) is 5.41 Å². The minimum absolute atomic E-state index is 0. The largest absolute Gasteiger partial charge is 0.370 e. The molecule has 0 spiro atoms. The normalized spacial score (nSPS) is 11.9. The minimum atomic E-state index is -0.178. The summed E-state index contributed by atoms with van der Waals surface area (Å²) >= 11 is 0. The molecular weight excluding hydrogens is 474 g/mol. The third kappa shape index (κ3) is 7.57. The molecule has 2 aliphatic heterocycles. The number of nitrogens with two attached hydrogens (primary N) is 2. The van der Waals surface area contributed by atoms with Gasteiger partial charge in [0.15, 0.2) is 11.9 Å². The second-order valence-electron chi connectivity index (χ2n) is 8.06. The van der Waals surface area contributed by atoms with Gasteiger partial charge in [0, 0.05) is 28.6 Å². The number of hydrogen-bond acceptors (Lipinski definition) is 4. The molecule has 0 saturated heterocycles. The second kappa shape index (κ2) is 12.4. The first-order valence-corrected chi connectivity index (χ1v) is 11.4. The predicted octanol–water partition coefficient (Wildman–Crippen LogP) is 4.66. The molecule has 186 valence electrons. The monoisotopic (exact) mass is 503 g/mol. The van der Waals surface area contributed by atoms with Gasteiger partial charge in [-0.15, -0.1) is 12.4 Å². The average molecular weight is 504 g/mol. The van der Waals surface area contributed by atoms with Crippen LogP contribution in [0.2, 0.25) is 0 Å². The molecule has 0 saturated carbocycles. The van der Waals surface area contributed by atoms with E-state index in [4.69, 9.17) is 16.9 Å². The molecule has 0 aromatic carbocycles. The van der Waals surface area contributed by atoms with Crippen LogP contribution >= 0.6 is 12.4 Å². The Bertz CT molecular complexity index is 1370. The van der Waals surface area contributed by atoms with Crippen LogP contribution in [0.25, 0.3) is 46.4 Å². The lowest BCUT2D eigenvalue weighted by atomic mass is 10.3. The number of nitrogens with zero attached hydrogens (tertiary/aromatic N) is 3. The van der Waals surface area contributed by atoms with E-state index < -0.39 is 0 Å². The molecule has 36 heavy (non-hydrogen) atoms. The Morgan fingerprint density at radius 2 is 1.25 bits per heavy atom. The summed E-state index contributed by atoms with van der Waals surface area (Å²) in [4.78, 5) is 19.9. The summed E-state index contributed by atoms with van der Waals surface area (Å²) in [6.45, 7) is 2.76. The second-order valence-corrected chi connectivity index (χ2v) is 8.06. The van der Waals surface area contributed by atoms with E-state index in [9.17, 15) is 0 Å². The van der Waals surface area contributed by atoms with E-state index in [-0.39, 0.29) is 24.3 Å². The van der Waals surface area contributed by atoms with Gasteiger partial charge in [-0.2, -0.15) is 0 Å². The Labute approximate surface area is 215 Å². The molecule has 5 heterocycles. The summed E-state index contributed by atoms with van der Waals surface area (Å²) in [6, 6.07) is 16.4. The van der Waals surface area contributed by atoms with Crippen LogP contribution in [-0.4, -0.2) is 38.4 Å². The number of H-pyrrole nitrogens is 2. The van der Waals surface area contributed by atoms with Crippen LogP contribution in [0.1, 0.15) is 42.5 Å². The maximum Gasteiger partial charge on any atom is 0.195 e. The van der Waals surface area contributed by atoms with Crippen molar-refractivity contribution >= 4 is 70.7 Å². The highest BCUT2D eigenvalue weighted by Gasteiger charge is 2.02. The van der Waals surface area contributed by atoms with Crippen LogP contribution in [0.15, 0.2) is 53.5 Å². The van der Waals surface area contributed by atoms with Crippen LogP contribution in [0.5, 0.6) is 0 Å². The van der Waals surface area contributed by atoms with Gasteiger partial charge in [0.2, 0.25) is 0 Å². The topological polar surface area (TPSA) is 158 Å². The van der Waals surface area contributed by atoms with Gasteiger partial charge in [-0.05, 0) is 79.3 Å². The standard InChI is InChI=1S/C20H14N4.C6H15N5.ClH/c1-2-14-10-16-5-6-18(23-16)12-20-8-7-19(24-20)11-17-4-3-15(22-17)9-13(1)21-14;1-2-3-4-10-6(9)11-5(7)8;/h1-12,21-22H;2-4H2,1H3,(H6,7,8,9,10,11);1H. The molecule has 2 aliphatic rings. The van der Waals surface area contributed by atoms with Crippen LogP contribution < -0.4 is 16.8 Å². The first kappa shape index (κ1) is 26.2. The molecule has 0 aliphatic carbocycles. The van der Waals surface area contributed by atoms with Gasteiger partial charge in [0.05, 0.1) is 22.8 Å². The Morgan fingerprint density at radius 3 is 1.69 bits per heavy atom. The van der Waals surface area contributed by atoms with E-state index in [1.165, 1.54) is 0 Å². The Kier molecular flexibility index (Phi) is 9.01. The third-order valence-electron chi connectivity index (χ3n) is 5.10. The molecular formula is C26H30ClN9. The van der Waals surface area contributed by atoms with E-state index in [0.717, 1.165) is 57.7 Å². The van der Waals surface area contributed by atoms with Gasteiger partial charge < -0.3 is 21.4 Å². The molecule has 3 aromatic heterocycles. The highest BCUT2D eigenvalue weighted by Crippen LogP contribution is 2.17. The van der Waals surface area contributed by atoms with Gasteiger partial charge in [0.25, 0.3) is 0 Å². The Hall–Kier alpha value is -4.37. The molecule has 0 amide bonds. The van der Waals surface area contributed by atoms with Gasteiger partial charge in [-0.25, -0.2) is 9.97 Å². The van der Waals surface area contributed by atoms with Crippen LogP contribution in [-0.2, 0) is 0 Å². The van der Waals surface area contributed by atoms with E-state index in [2.05, 4.69) is 67.5 Å². The van der Waals surface area contributed by atoms with Gasteiger partial charge in [-0.3, -0.25) is 15.7 Å². The number of nitrogens with one attached hydrogen (secondary N) is 4. The number of hydrogen-bond donors (Lipinski definition) is 6. The lowest BCUT2D eigenvalue weighted by Gasteiger charge is -2.00. The SMILES string of the molecule is C1=Cc2cc3ccc(cc4ccc(cc5nc(cc1n2)C=C5)[nH]4)[nH]3.CCCCN=C(N)NC(=N)N.Cl. The van der Waals surface area contributed by atoms with E-state index in [0.29, 0.717) is 6.54 Å². The fourth-order valence-corrected chi connectivity index (χ4v) is 3.48.